The second-order valence-corrected chi connectivity index (χ2v) is 45.5. The van der Waals surface area contributed by atoms with Gasteiger partial charge in [0.25, 0.3) is 0 Å². The molecule has 20 nitrogen and oxygen atoms in total. The van der Waals surface area contributed by atoms with E-state index in [1.807, 2.05) is 142 Å². The molecule has 0 amide bonds. The molecule has 10 aromatic rings. The van der Waals surface area contributed by atoms with Gasteiger partial charge in [-0.1, -0.05) is 293 Å². The van der Waals surface area contributed by atoms with Crippen molar-refractivity contribution < 1.29 is 65.3 Å². The van der Waals surface area contributed by atoms with Gasteiger partial charge in [-0.15, -0.1) is 13.2 Å². The molecule has 0 fully saturated rings. The average molecular weight is 2050 g/mol. The van der Waals surface area contributed by atoms with Gasteiger partial charge in [0.05, 0.1) is 62.6 Å². The molecule has 143 heavy (non-hydrogen) atoms. The Labute approximate surface area is 869 Å². The van der Waals surface area contributed by atoms with Crippen molar-refractivity contribution in [3.8, 4) is 74.4 Å². The highest BCUT2D eigenvalue weighted by atomic mass is 79.9. The smallest absolute Gasteiger partial charge is 0.497 e. The Kier molecular flexibility index (Phi) is 55.7. The quantitative estimate of drug-likeness (QED) is 0.0200. The van der Waals surface area contributed by atoms with Crippen molar-refractivity contribution in [1.29, 1.82) is 0 Å². The molecule has 1 aliphatic heterocycles. The van der Waals surface area contributed by atoms with Gasteiger partial charge < -0.3 is 100.0 Å². The van der Waals surface area contributed by atoms with Gasteiger partial charge in [-0.3, -0.25) is 0 Å². The van der Waals surface area contributed by atoms with Crippen molar-refractivity contribution in [3.63, 3.8) is 0 Å². The second-order valence-electron chi connectivity index (χ2n) is 45.5. The van der Waals surface area contributed by atoms with Gasteiger partial charge in [-0.25, -0.2) is 0 Å². The van der Waals surface area contributed by atoms with Gasteiger partial charge in [0.15, 0.2) is 34.5 Å². The molecule has 0 aromatic heterocycles. The number of nitrogens with one attached hydrogen (secondary N) is 9. The van der Waals surface area contributed by atoms with Gasteiger partial charge in [-0.05, 0) is 184 Å². The third-order valence-corrected chi connectivity index (χ3v) is 19.8. The van der Waals surface area contributed by atoms with Crippen LogP contribution in [0.3, 0.4) is 0 Å². The molecule has 11 rings (SSSR count). The number of para-hydroxylation sites is 3. The first-order valence-electron chi connectivity index (χ1n) is 49.0. The largest absolute Gasteiger partial charge is 0.573 e. The molecule has 24 heteroatoms. The molecule has 10 aromatic carbocycles. The van der Waals surface area contributed by atoms with E-state index in [1.165, 1.54) is 52.0 Å². The molecule has 0 radical (unpaired) electrons. The first-order valence-corrected chi connectivity index (χ1v) is 50.6. The van der Waals surface area contributed by atoms with E-state index in [9.17, 15) is 13.2 Å². The van der Waals surface area contributed by atoms with Crippen LogP contribution in [0.4, 0.5) is 58.7 Å². The van der Waals surface area contributed by atoms with E-state index in [1.54, 1.807) is 62.9 Å². The fraction of sp³-hybridized carbons (Fsp3) is 0.496. The van der Waals surface area contributed by atoms with E-state index >= 15 is 0 Å². The zero-order chi connectivity index (χ0) is 108. The van der Waals surface area contributed by atoms with Gasteiger partial charge in [0.1, 0.15) is 23.0 Å². The van der Waals surface area contributed by atoms with E-state index < -0.39 is 6.36 Å². The summed E-state index contributed by atoms with van der Waals surface area (Å²) >= 11 is 2.94. The standard InChI is InChI=1S/C17H21N.2C14H23NO3.C14H23N.C12H16F3NO.C12H17NO2.2C12H19NO.C11H17N.CH3Br/c1-17(2,3)13-18-16-11-9-15(10-12-16)14-7-5-4-6-8-14;1-14(2,3)15-9-10-7-12(17-5)13(18-6)8-11(10)16-4;1-14(2,3)9-15-10-7-11(16-4)13(18-6)12(8-10)17-5;1-11(2)12-6-8-13(9-7-12)15-10-14(3,4)5;1-11(2,3)8-16-9-5-4-6-10(7-9)17-12(13,14)15;1-12(2,3)7-13-9-4-5-10-11(6-9)15-8-14-10;1-12(2,3)9-13-10-6-5-7-11(8-10)14-4;1-12(2,3)9-13-10-7-5-6-8-11(10)14-4;1-11(2,3)9-12-10-7-5-4-6-8-10;1-2/h4-12,18H,13H2,1-3H3;2*7-8,15H,9H2,1-6H3;6-9,11,15H,10H2,1-5H3;4-7,16H,8H2,1-3H3;4-6,13H,7-8H2,1-3H3;2*5-8,13H,9H2,1-4H3;4-8,12H,9H2,1-3H3;1H3. The number of methoxy groups -OCH3 is 8. The molecule has 0 spiro atoms. The molecule has 0 atom stereocenters. The van der Waals surface area contributed by atoms with Crippen molar-refractivity contribution >= 4 is 61.4 Å². The first kappa shape index (κ1) is 128. The Bertz CT molecular complexity index is 5100. The summed E-state index contributed by atoms with van der Waals surface area (Å²) in [5.41, 5.74) is 15.5. The van der Waals surface area contributed by atoms with Gasteiger partial charge >= 0.3 is 6.36 Å². The number of rotatable bonds is 29. The molecule has 1 aliphatic rings. The topological polar surface area (TPSA) is 210 Å². The number of ether oxygens (including phenoxy) is 11. The monoisotopic (exact) mass is 2050 g/mol. The minimum Gasteiger partial charge on any atom is -0.497 e. The van der Waals surface area contributed by atoms with E-state index in [4.69, 9.17) is 47.4 Å². The summed E-state index contributed by atoms with van der Waals surface area (Å²) in [5.74, 6) is 9.78. The summed E-state index contributed by atoms with van der Waals surface area (Å²) in [5, 5.41) is 30.3. The summed E-state index contributed by atoms with van der Waals surface area (Å²) in [4.78, 5) is 0. The highest BCUT2D eigenvalue weighted by Crippen LogP contribution is 2.42. The van der Waals surface area contributed by atoms with Gasteiger partial charge in [-0.2, -0.15) is 0 Å². The molecule has 1 heterocycles. The normalized spacial score (nSPS) is 11.6. The van der Waals surface area contributed by atoms with Crippen LogP contribution in [0.25, 0.3) is 11.1 Å². The Morgan fingerprint density at radius 1 is 0.287 bits per heavy atom. The number of hydrogen-bond donors (Lipinski definition) is 9. The molecular formula is C119H181BrF3N9O11. The van der Waals surface area contributed by atoms with Crippen molar-refractivity contribution in [1.82, 2.24) is 5.32 Å². The summed E-state index contributed by atoms with van der Waals surface area (Å²) in [6.07, 6.45) is -4.65. The van der Waals surface area contributed by atoms with Crippen molar-refractivity contribution in [2.24, 2.45) is 43.3 Å². The maximum Gasteiger partial charge on any atom is 0.573 e. The fourth-order valence-electron chi connectivity index (χ4n) is 12.0. The van der Waals surface area contributed by atoms with E-state index in [0.717, 1.165) is 103 Å². The molecular weight excluding hydrogens is 1870 g/mol. The van der Waals surface area contributed by atoms with E-state index in [0.29, 0.717) is 81.9 Å². The molecule has 0 bridgehead atoms. The van der Waals surface area contributed by atoms with Crippen molar-refractivity contribution in [2.75, 3.05) is 164 Å². The lowest BCUT2D eigenvalue weighted by atomic mass is 9.96. The van der Waals surface area contributed by atoms with Gasteiger partial charge in [0.2, 0.25) is 12.5 Å². The van der Waals surface area contributed by atoms with Crippen LogP contribution in [-0.2, 0) is 6.54 Å². The summed E-state index contributed by atoms with van der Waals surface area (Å²) in [6, 6.07) is 73.5. The maximum absolute atomic E-state index is 12.0. The van der Waals surface area contributed by atoms with Crippen LogP contribution in [0.15, 0.2) is 224 Å². The molecule has 9 N–H and O–H groups in total. The van der Waals surface area contributed by atoms with Crippen LogP contribution in [0.2, 0.25) is 0 Å². The summed E-state index contributed by atoms with van der Waals surface area (Å²) < 4.78 is 92.6. The Balaban J connectivity index is 0.000000544. The van der Waals surface area contributed by atoms with Crippen LogP contribution in [-0.4, -0.2) is 134 Å². The number of benzene rings is 10. The van der Waals surface area contributed by atoms with Gasteiger partial charge in [0, 0.05) is 146 Å². The molecule has 796 valence electrons. The Morgan fingerprint density at radius 3 is 1.02 bits per heavy atom. The number of anilines is 8. The van der Waals surface area contributed by atoms with Crippen LogP contribution in [0.1, 0.15) is 218 Å². The van der Waals surface area contributed by atoms with Crippen molar-refractivity contribution in [3.05, 3.63) is 236 Å². The molecule has 0 aliphatic carbocycles. The van der Waals surface area contributed by atoms with E-state index in [-0.39, 0.29) is 32.9 Å². The maximum atomic E-state index is 12.0. The van der Waals surface area contributed by atoms with Crippen LogP contribution in [0, 0.1) is 43.3 Å². The third kappa shape index (κ3) is 60.1. The highest BCUT2D eigenvalue weighted by Gasteiger charge is 2.31. The van der Waals surface area contributed by atoms with E-state index in [2.05, 4.69) is 333 Å². The highest BCUT2D eigenvalue weighted by molar-refractivity contribution is 9.08. The van der Waals surface area contributed by atoms with Crippen LogP contribution in [0.5, 0.6) is 63.2 Å². The first-order chi connectivity index (χ1) is 66.6. The minimum absolute atomic E-state index is 0.0537. The number of fused-ring (bicyclic) bond motifs is 1. The predicted molar refractivity (Wildman–Crippen MR) is 608 cm³/mol. The number of hydrogen-bond acceptors (Lipinski definition) is 20. The lowest BCUT2D eigenvalue weighted by molar-refractivity contribution is -0.274. The summed E-state index contributed by atoms with van der Waals surface area (Å²) in [6.45, 7) is 71.8. The fourth-order valence-corrected chi connectivity index (χ4v) is 12.0. The molecule has 0 saturated heterocycles. The average Bonchev–Trinajstić information content (AvgIpc) is 1.74. The lowest BCUT2D eigenvalue weighted by Gasteiger charge is -2.22. The van der Waals surface area contributed by atoms with Crippen molar-refractivity contribution in [2.45, 2.75) is 225 Å². The number of halogens is 4. The predicted octanol–water partition coefficient (Wildman–Crippen LogP) is 32.2. The SMILES string of the molecule is CBr.CC(C)(C)CNc1ccc(-c2ccccc2)cc1.CC(C)(C)CNc1ccc2c(c1)OCO2.CC(C)(C)CNc1cccc(OC(F)(F)F)c1.CC(C)(C)CNc1ccccc1.CC(C)c1ccc(NCC(C)(C)C)cc1.COc1cc(NCC(C)(C)C)cc(OC)c1OC.COc1cc(OC)c(OC)cc1CNC(C)(C)C.COc1cccc(NCC(C)(C)C)c1.COc1ccccc1NCC(C)(C)C. The second kappa shape index (κ2) is 62.4. The minimum atomic E-state index is -4.65. The zero-order valence-corrected chi connectivity index (χ0v) is 95.6. The Morgan fingerprint density at radius 2 is 0.622 bits per heavy atom. The number of alkyl halides is 4. The third-order valence-electron chi connectivity index (χ3n) is 19.8. The summed E-state index contributed by atoms with van der Waals surface area (Å²) in [7, 11) is 13.1. The zero-order valence-electron chi connectivity index (χ0n) is 94.0. The Hall–Kier alpha value is -11.4. The van der Waals surface area contributed by atoms with Crippen LogP contribution >= 0.6 is 15.9 Å². The molecule has 0 saturated carbocycles. The van der Waals surface area contributed by atoms with Crippen LogP contribution < -0.4 is 100.0 Å². The lowest BCUT2D eigenvalue weighted by Crippen LogP contribution is -2.35. The molecule has 0 unspecified atom stereocenters.